The van der Waals surface area contributed by atoms with Gasteiger partial charge in [0, 0.05) is 49.7 Å². The minimum atomic E-state index is -0.208. The molecule has 6 heteroatoms. The first kappa shape index (κ1) is 23.0. The molecule has 3 aromatic rings. The summed E-state index contributed by atoms with van der Waals surface area (Å²) in [5.41, 5.74) is 5.21. The molecule has 0 spiro atoms. The van der Waals surface area contributed by atoms with E-state index in [-0.39, 0.29) is 5.91 Å². The Morgan fingerprint density at radius 1 is 0.848 bits per heavy atom. The number of rotatable bonds is 6. The van der Waals surface area contributed by atoms with Crippen LogP contribution < -0.4 is 15.5 Å². The molecule has 170 valence electrons. The zero-order valence-corrected chi connectivity index (χ0v) is 19.8. The van der Waals surface area contributed by atoms with Crippen molar-refractivity contribution in [3.63, 3.8) is 0 Å². The monoisotopic (exact) mass is 458 g/mol. The Bertz CT molecular complexity index is 1060. The molecule has 33 heavy (non-hydrogen) atoms. The summed E-state index contributed by atoms with van der Waals surface area (Å²) < 4.78 is 0. The number of aryl methyl sites for hydroxylation is 1. The summed E-state index contributed by atoms with van der Waals surface area (Å²) in [7, 11) is 0. The van der Waals surface area contributed by atoms with E-state index in [1.165, 1.54) is 16.8 Å². The summed E-state index contributed by atoms with van der Waals surface area (Å²) in [5.74, 6) is -0.208. The molecule has 0 radical (unpaired) electrons. The highest BCUT2D eigenvalue weighted by molar-refractivity contribution is 7.80. The van der Waals surface area contributed by atoms with Crippen LogP contribution in [0, 0.1) is 0 Å². The SMILES string of the molecule is CCc1ccc(C(=O)NC(=S)Nc2ccc(N3CCN(Cc4ccccc4)CC3)cc2)cc1. The van der Waals surface area contributed by atoms with Crippen molar-refractivity contribution < 1.29 is 4.79 Å². The van der Waals surface area contributed by atoms with Crippen LogP contribution >= 0.6 is 12.2 Å². The normalized spacial score (nSPS) is 14.0. The third kappa shape index (κ3) is 6.40. The Hall–Kier alpha value is -3.22. The van der Waals surface area contributed by atoms with Gasteiger partial charge in [0.2, 0.25) is 0 Å². The van der Waals surface area contributed by atoms with Crippen molar-refractivity contribution in [1.82, 2.24) is 10.2 Å². The first-order valence-corrected chi connectivity index (χ1v) is 11.8. The highest BCUT2D eigenvalue weighted by Gasteiger charge is 2.17. The molecule has 0 aromatic heterocycles. The number of hydrogen-bond donors (Lipinski definition) is 2. The minimum Gasteiger partial charge on any atom is -0.369 e. The van der Waals surface area contributed by atoms with E-state index in [2.05, 4.69) is 69.8 Å². The number of nitrogens with zero attached hydrogens (tertiary/aromatic N) is 2. The van der Waals surface area contributed by atoms with E-state index < -0.39 is 0 Å². The molecule has 0 bridgehead atoms. The van der Waals surface area contributed by atoms with E-state index in [4.69, 9.17) is 12.2 Å². The lowest BCUT2D eigenvalue weighted by molar-refractivity contribution is 0.0977. The molecular formula is C27H30N4OS. The van der Waals surface area contributed by atoms with E-state index in [9.17, 15) is 4.79 Å². The maximum absolute atomic E-state index is 12.4. The number of carbonyl (C=O) groups is 1. The van der Waals surface area contributed by atoms with Crippen molar-refractivity contribution in [2.45, 2.75) is 19.9 Å². The van der Waals surface area contributed by atoms with Crippen molar-refractivity contribution >= 4 is 34.6 Å². The molecule has 1 heterocycles. The van der Waals surface area contributed by atoms with Crippen LogP contribution in [0.25, 0.3) is 0 Å². The number of carbonyl (C=O) groups excluding carboxylic acids is 1. The molecular weight excluding hydrogens is 428 g/mol. The van der Waals surface area contributed by atoms with Crippen LogP contribution in [0.15, 0.2) is 78.9 Å². The number of anilines is 2. The first-order valence-electron chi connectivity index (χ1n) is 11.4. The first-order chi connectivity index (χ1) is 16.1. The van der Waals surface area contributed by atoms with Gasteiger partial charge in [-0.1, -0.05) is 49.4 Å². The van der Waals surface area contributed by atoms with Crippen LogP contribution in [0.2, 0.25) is 0 Å². The van der Waals surface area contributed by atoms with Crippen LogP contribution in [-0.4, -0.2) is 42.1 Å². The lowest BCUT2D eigenvalue weighted by Crippen LogP contribution is -2.45. The third-order valence-electron chi connectivity index (χ3n) is 5.96. The zero-order chi connectivity index (χ0) is 23.0. The number of hydrogen-bond acceptors (Lipinski definition) is 4. The molecule has 1 saturated heterocycles. The van der Waals surface area contributed by atoms with Gasteiger partial charge >= 0.3 is 0 Å². The Kier molecular flexibility index (Phi) is 7.70. The lowest BCUT2D eigenvalue weighted by atomic mass is 10.1. The van der Waals surface area contributed by atoms with Crippen LogP contribution in [0.5, 0.6) is 0 Å². The van der Waals surface area contributed by atoms with Gasteiger partial charge in [0.15, 0.2) is 5.11 Å². The van der Waals surface area contributed by atoms with Gasteiger partial charge in [0.25, 0.3) is 5.91 Å². The number of amides is 1. The summed E-state index contributed by atoms with van der Waals surface area (Å²) in [6.45, 7) is 7.19. The van der Waals surface area contributed by atoms with Gasteiger partial charge in [-0.3, -0.25) is 15.0 Å². The van der Waals surface area contributed by atoms with E-state index >= 15 is 0 Å². The number of nitrogens with one attached hydrogen (secondary N) is 2. The van der Waals surface area contributed by atoms with Crippen LogP contribution in [0.4, 0.5) is 11.4 Å². The van der Waals surface area contributed by atoms with E-state index in [1.54, 1.807) is 0 Å². The maximum Gasteiger partial charge on any atom is 0.257 e. The predicted octanol–water partition coefficient (Wildman–Crippen LogP) is 4.70. The quantitative estimate of drug-likeness (QED) is 0.525. The average Bonchev–Trinajstić information content (AvgIpc) is 2.85. The highest BCUT2D eigenvalue weighted by atomic mass is 32.1. The standard InChI is InChI=1S/C27H30N4OS/c1-2-21-8-10-23(11-9-21)26(32)29-27(33)28-24-12-14-25(15-13-24)31-18-16-30(17-19-31)20-22-6-4-3-5-7-22/h3-15H,2,16-20H2,1H3,(H2,28,29,32,33). The summed E-state index contributed by atoms with van der Waals surface area (Å²) in [5, 5.41) is 6.15. The average molecular weight is 459 g/mol. The Morgan fingerprint density at radius 3 is 2.15 bits per heavy atom. The van der Waals surface area contributed by atoms with Crippen molar-refractivity contribution in [3.8, 4) is 0 Å². The molecule has 1 aliphatic rings. The molecule has 1 amide bonds. The van der Waals surface area contributed by atoms with Crippen molar-refractivity contribution in [2.75, 3.05) is 36.4 Å². The Balaban J connectivity index is 1.25. The van der Waals surface area contributed by atoms with Gasteiger partial charge in [0.1, 0.15) is 0 Å². The molecule has 0 aliphatic carbocycles. The fourth-order valence-corrected chi connectivity index (χ4v) is 4.20. The van der Waals surface area contributed by atoms with E-state index in [0.29, 0.717) is 10.7 Å². The molecule has 3 aromatic carbocycles. The summed E-state index contributed by atoms with van der Waals surface area (Å²) in [6.07, 6.45) is 0.946. The molecule has 0 unspecified atom stereocenters. The Labute approximate surface area is 201 Å². The molecule has 2 N–H and O–H groups in total. The summed E-state index contributed by atoms with van der Waals surface area (Å²) in [4.78, 5) is 17.3. The topological polar surface area (TPSA) is 47.6 Å². The molecule has 0 saturated carbocycles. The van der Waals surface area contributed by atoms with Crippen molar-refractivity contribution in [1.29, 1.82) is 0 Å². The number of benzene rings is 3. The van der Waals surface area contributed by atoms with Gasteiger partial charge in [0.05, 0.1) is 0 Å². The number of piperazine rings is 1. The summed E-state index contributed by atoms with van der Waals surface area (Å²) in [6, 6.07) is 26.4. The second-order valence-corrected chi connectivity index (χ2v) is 8.66. The van der Waals surface area contributed by atoms with Crippen molar-refractivity contribution in [2.24, 2.45) is 0 Å². The fraction of sp³-hybridized carbons (Fsp3) is 0.259. The predicted molar refractivity (Wildman–Crippen MR) is 140 cm³/mol. The van der Waals surface area contributed by atoms with Gasteiger partial charge in [-0.2, -0.15) is 0 Å². The van der Waals surface area contributed by atoms with E-state index in [0.717, 1.165) is 44.8 Å². The minimum absolute atomic E-state index is 0.208. The summed E-state index contributed by atoms with van der Waals surface area (Å²) >= 11 is 5.33. The smallest absolute Gasteiger partial charge is 0.257 e. The molecule has 1 fully saturated rings. The Morgan fingerprint density at radius 2 is 1.52 bits per heavy atom. The zero-order valence-electron chi connectivity index (χ0n) is 19.0. The largest absolute Gasteiger partial charge is 0.369 e. The highest BCUT2D eigenvalue weighted by Crippen LogP contribution is 2.20. The molecule has 5 nitrogen and oxygen atoms in total. The second-order valence-electron chi connectivity index (χ2n) is 8.25. The molecule has 4 rings (SSSR count). The molecule has 1 aliphatic heterocycles. The van der Waals surface area contributed by atoms with Crippen LogP contribution in [-0.2, 0) is 13.0 Å². The van der Waals surface area contributed by atoms with Crippen LogP contribution in [0.1, 0.15) is 28.4 Å². The molecule has 0 atom stereocenters. The van der Waals surface area contributed by atoms with Crippen LogP contribution in [0.3, 0.4) is 0 Å². The third-order valence-corrected chi connectivity index (χ3v) is 6.17. The number of thiocarbonyl (C=S) groups is 1. The van der Waals surface area contributed by atoms with Gasteiger partial charge in [-0.15, -0.1) is 0 Å². The van der Waals surface area contributed by atoms with E-state index in [1.807, 2.05) is 36.4 Å². The fourth-order valence-electron chi connectivity index (χ4n) is 3.99. The van der Waals surface area contributed by atoms with Gasteiger partial charge in [-0.05, 0) is 66.2 Å². The second kappa shape index (κ2) is 11.1. The lowest BCUT2D eigenvalue weighted by Gasteiger charge is -2.36. The van der Waals surface area contributed by atoms with Crippen molar-refractivity contribution in [3.05, 3.63) is 95.6 Å². The van der Waals surface area contributed by atoms with Gasteiger partial charge in [-0.25, -0.2) is 0 Å². The van der Waals surface area contributed by atoms with Gasteiger partial charge < -0.3 is 10.2 Å². The maximum atomic E-state index is 12.4.